The van der Waals surface area contributed by atoms with Gasteiger partial charge in [0.05, 0.1) is 0 Å². The maximum Gasteiger partial charge on any atom is 0.0294 e. The Balaban J connectivity index is 2.01. The summed E-state index contributed by atoms with van der Waals surface area (Å²) in [4.78, 5) is 0. The van der Waals surface area contributed by atoms with E-state index >= 15 is 0 Å². The molecule has 0 aromatic heterocycles. The van der Waals surface area contributed by atoms with Crippen LogP contribution in [0.15, 0.2) is 18.2 Å². The summed E-state index contributed by atoms with van der Waals surface area (Å²) < 4.78 is 0. The molecule has 2 unspecified atom stereocenters. The van der Waals surface area contributed by atoms with Crippen molar-refractivity contribution >= 4 is 0 Å². The Morgan fingerprint density at radius 1 is 1.18 bits per heavy atom. The van der Waals surface area contributed by atoms with E-state index in [9.17, 15) is 0 Å². The smallest absolute Gasteiger partial charge is 0.0294 e. The summed E-state index contributed by atoms with van der Waals surface area (Å²) in [6.07, 6.45) is 6.41. The Morgan fingerprint density at radius 3 is 2.71 bits per heavy atom. The van der Waals surface area contributed by atoms with E-state index in [1.807, 2.05) is 0 Å². The molecule has 2 atom stereocenters. The van der Waals surface area contributed by atoms with Crippen molar-refractivity contribution in [1.29, 1.82) is 0 Å². The molecule has 0 heterocycles. The second-order valence-electron chi connectivity index (χ2n) is 5.46. The van der Waals surface area contributed by atoms with Crippen LogP contribution in [0.1, 0.15) is 62.8 Å². The van der Waals surface area contributed by atoms with Gasteiger partial charge in [0.2, 0.25) is 0 Å². The summed E-state index contributed by atoms with van der Waals surface area (Å²) in [5.41, 5.74) is 4.61. The Labute approximate surface area is 106 Å². The van der Waals surface area contributed by atoms with Gasteiger partial charge in [0.1, 0.15) is 0 Å². The highest BCUT2D eigenvalue weighted by molar-refractivity contribution is 5.36. The van der Waals surface area contributed by atoms with Crippen LogP contribution >= 0.6 is 0 Å². The Bertz CT molecular complexity index is 370. The zero-order valence-corrected chi connectivity index (χ0v) is 11.4. The van der Waals surface area contributed by atoms with Crippen molar-refractivity contribution in [3.63, 3.8) is 0 Å². The largest absolute Gasteiger partial charge is 0.308 e. The number of hydrogen-bond acceptors (Lipinski definition) is 1. The average molecular weight is 231 g/mol. The lowest BCUT2D eigenvalue weighted by atomic mass is 10.0. The number of hydrogen-bond donors (Lipinski definition) is 1. The van der Waals surface area contributed by atoms with E-state index in [1.165, 1.54) is 37.7 Å². The van der Waals surface area contributed by atoms with Gasteiger partial charge >= 0.3 is 0 Å². The Morgan fingerprint density at radius 2 is 1.94 bits per heavy atom. The predicted octanol–water partition coefficient (Wildman–Crippen LogP) is 4.01. The lowest BCUT2D eigenvalue weighted by Crippen LogP contribution is -2.28. The van der Waals surface area contributed by atoms with Crippen LogP contribution in [0, 0.1) is 0 Å². The lowest BCUT2D eigenvalue weighted by Gasteiger charge is -2.20. The van der Waals surface area contributed by atoms with Gasteiger partial charge in [0, 0.05) is 12.1 Å². The van der Waals surface area contributed by atoms with Gasteiger partial charge in [-0.05, 0) is 56.2 Å². The summed E-state index contributed by atoms with van der Waals surface area (Å²) in [6, 6.07) is 8.14. The van der Waals surface area contributed by atoms with E-state index < -0.39 is 0 Å². The summed E-state index contributed by atoms with van der Waals surface area (Å²) in [6.45, 7) is 6.81. The molecule has 0 saturated heterocycles. The second kappa shape index (κ2) is 5.68. The molecule has 0 radical (unpaired) electrons. The molecule has 2 rings (SSSR count). The van der Waals surface area contributed by atoms with Gasteiger partial charge in [0.25, 0.3) is 0 Å². The predicted molar refractivity (Wildman–Crippen MR) is 74.4 cm³/mol. The first kappa shape index (κ1) is 12.6. The van der Waals surface area contributed by atoms with Gasteiger partial charge in [-0.1, -0.05) is 31.5 Å². The summed E-state index contributed by atoms with van der Waals surface area (Å²) in [5, 5.41) is 3.69. The maximum absolute atomic E-state index is 3.69. The van der Waals surface area contributed by atoms with E-state index in [4.69, 9.17) is 0 Å². The highest BCUT2D eigenvalue weighted by Crippen LogP contribution is 2.25. The molecule has 94 valence electrons. The topological polar surface area (TPSA) is 12.0 Å². The van der Waals surface area contributed by atoms with Crippen LogP contribution in [0.4, 0.5) is 0 Å². The van der Waals surface area contributed by atoms with Gasteiger partial charge in [0.15, 0.2) is 0 Å². The highest BCUT2D eigenvalue weighted by atomic mass is 14.9. The quantitative estimate of drug-likeness (QED) is 0.807. The third-order valence-electron chi connectivity index (χ3n) is 3.88. The van der Waals surface area contributed by atoms with E-state index in [0.717, 1.165) is 0 Å². The number of fused-ring (bicyclic) bond motifs is 1. The fourth-order valence-corrected chi connectivity index (χ4v) is 2.90. The molecule has 0 bridgehead atoms. The third kappa shape index (κ3) is 3.10. The van der Waals surface area contributed by atoms with Crippen LogP contribution in [0.2, 0.25) is 0 Å². The first-order chi connectivity index (χ1) is 8.20. The van der Waals surface area contributed by atoms with Gasteiger partial charge < -0.3 is 5.32 Å². The van der Waals surface area contributed by atoms with Crippen molar-refractivity contribution in [2.24, 2.45) is 0 Å². The van der Waals surface area contributed by atoms with Crippen LogP contribution in [-0.4, -0.2) is 6.04 Å². The highest BCUT2D eigenvalue weighted by Gasteiger charge is 2.14. The van der Waals surface area contributed by atoms with E-state index in [2.05, 4.69) is 44.3 Å². The minimum absolute atomic E-state index is 0.474. The molecule has 1 aromatic carbocycles. The van der Waals surface area contributed by atoms with Crippen LogP contribution in [0.25, 0.3) is 0 Å². The molecule has 1 nitrogen and oxygen atoms in total. The van der Waals surface area contributed by atoms with E-state index in [-0.39, 0.29) is 0 Å². The van der Waals surface area contributed by atoms with Crippen molar-refractivity contribution in [2.75, 3.05) is 0 Å². The SMILES string of the molecule is CCCC(C)NC(C)c1ccc2c(c1)CCC2. The Kier molecular flexibility index (Phi) is 4.22. The van der Waals surface area contributed by atoms with Gasteiger partial charge in [-0.2, -0.15) is 0 Å². The molecule has 1 heteroatoms. The van der Waals surface area contributed by atoms with E-state index in [0.29, 0.717) is 12.1 Å². The number of nitrogens with one attached hydrogen (secondary N) is 1. The normalized spacial score (nSPS) is 17.8. The molecular formula is C16H25N. The molecule has 17 heavy (non-hydrogen) atoms. The van der Waals surface area contributed by atoms with Crippen molar-refractivity contribution in [1.82, 2.24) is 5.32 Å². The number of rotatable bonds is 5. The molecular weight excluding hydrogens is 206 g/mol. The average Bonchev–Trinajstić information content (AvgIpc) is 2.75. The van der Waals surface area contributed by atoms with Crippen molar-refractivity contribution < 1.29 is 0 Å². The first-order valence-corrected chi connectivity index (χ1v) is 7.08. The maximum atomic E-state index is 3.69. The van der Waals surface area contributed by atoms with Gasteiger partial charge in [-0.3, -0.25) is 0 Å². The zero-order chi connectivity index (χ0) is 12.3. The first-order valence-electron chi connectivity index (χ1n) is 7.08. The molecule has 0 aliphatic heterocycles. The number of aryl methyl sites for hydroxylation is 2. The minimum Gasteiger partial charge on any atom is -0.308 e. The second-order valence-corrected chi connectivity index (χ2v) is 5.46. The molecule has 0 spiro atoms. The van der Waals surface area contributed by atoms with Crippen molar-refractivity contribution in [2.45, 2.75) is 65.0 Å². The van der Waals surface area contributed by atoms with Crippen LogP contribution in [0.3, 0.4) is 0 Å². The summed E-state index contributed by atoms with van der Waals surface area (Å²) in [5.74, 6) is 0. The Hall–Kier alpha value is -0.820. The summed E-state index contributed by atoms with van der Waals surface area (Å²) in [7, 11) is 0. The molecule has 1 aromatic rings. The van der Waals surface area contributed by atoms with Crippen LogP contribution in [-0.2, 0) is 12.8 Å². The van der Waals surface area contributed by atoms with Gasteiger partial charge in [-0.15, -0.1) is 0 Å². The van der Waals surface area contributed by atoms with Crippen molar-refractivity contribution in [3.05, 3.63) is 34.9 Å². The third-order valence-corrected chi connectivity index (χ3v) is 3.88. The molecule has 0 saturated carbocycles. The molecule has 1 aliphatic carbocycles. The molecule has 1 N–H and O–H groups in total. The van der Waals surface area contributed by atoms with Crippen molar-refractivity contribution in [3.8, 4) is 0 Å². The molecule has 1 aliphatic rings. The monoisotopic (exact) mass is 231 g/mol. The van der Waals surface area contributed by atoms with Crippen LogP contribution < -0.4 is 5.32 Å². The molecule has 0 fully saturated rings. The fourth-order valence-electron chi connectivity index (χ4n) is 2.90. The zero-order valence-electron chi connectivity index (χ0n) is 11.4. The fraction of sp³-hybridized carbons (Fsp3) is 0.625. The number of benzene rings is 1. The standard InChI is InChI=1S/C16H25N/c1-4-6-12(2)17-13(3)15-10-9-14-7-5-8-16(14)11-15/h9-13,17H,4-8H2,1-3H3. The minimum atomic E-state index is 0.474. The lowest BCUT2D eigenvalue weighted by molar-refractivity contribution is 0.452. The van der Waals surface area contributed by atoms with Crippen LogP contribution in [0.5, 0.6) is 0 Å². The van der Waals surface area contributed by atoms with E-state index in [1.54, 1.807) is 11.1 Å². The molecule has 0 amide bonds. The van der Waals surface area contributed by atoms with Gasteiger partial charge in [-0.25, -0.2) is 0 Å². The summed E-state index contributed by atoms with van der Waals surface area (Å²) >= 11 is 0.